The van der Waals surface area contributed by atoms with Crippen molar-refractivity contribution in [3.8, 4) is 17.2 Å². The molecule has 0 amide bonds. The molecule has 0 aliphatic rings. The first-order chi connectivity index (χ1) is 12.0. The van der Waals surface area contributed by atoms with Crippen LogP contribution in [0.5, 0.6) is 17.2 Å². The Hall–Kier alpha value is -2.51. The van der Waals surface area contributed by atoms with E-state index in [0.717, 1.165) is 0 Å². The molecule has 25 heavy (non-hydrogen) atoms. The van der Waals surface area contributed by atoms with Crippen LogP contribution >= 0.6 is 11.6 Å². The zero-order valence-corrected chi connectivity index (χ0v) is 15.0. The van der Waals surface area contributed by atoms with Crippen LogP contribution < -0.4 is 13.7 Å². The second-order valence-electron chi connectivity index (χ2n) is 5.00. The minimum atomic E-state index is -4.09. The molecule has 3 aromatic rings. The van der Waals surface area contributed by atoms with E-state index in [0.29, 0.717) is 21.7 Å². The SMILES string of the molecule is COc1ccc(S(=O)(=O)Oc2ccc(Cl)c3cccnc23)cc1OC. The molecule has 0 radical (unpaired) electrons. The van der Waals surface area contributed by atoms with Crippen LogP contribution in [-0.2, 0) is 10.1 Å². The molecule has 0 atom stereocenters. The lowest BCUT2D eigenvalue weighted by Crippen LogP contribution is -2.10. The van der Waals surface area contributed by atoms with Crippen molar-refractivity contribution in [2.75, 3.05) is 14.2 Å². The van der Waals surface area contributed by atoms with Gasteiger partial charge in [-0.15, -0.1) is 0 Å². The van der Waals surface area contributed by atoms with Gasteiger partial charge in [-0.1, -0.05) is 11.6 Å². The summed E-state index contributed by atoms with van der Waals surface area (Å²) in [5.41, 5.74) is 0.360. The highest BCUT2D eigenvalue weighted by Crippen LogP contribution is 2.33. The number of aromatic nitrogens is 1. The van der Waals surface area contributed by atoms with Gasteiger partial charge in [0.1, 0.15) is 10.4 Å². The van der Waals surface area contributed by atoms with Crippen LogP contribution in [0.3, 0.4) is 0 Å². The summed E-state index contributed by atoms with van der Waals surface area (Å²) in [6.45, 7) is 0. The average molecular weight is 380 g/mol. The number of nitrogens with zero attached hydrogens (tertiary/aromatic N) is 1. The smallest absolute Gasteiger partial charge is 0.339 e. The Morgan fingerprint density at radius 3 is 2.40 bits per heavy atom. The molecule has 8 heteroatoms. The molecule has 6 nitrogen and oxygen atoms in total. The van der Waals surface area contributed by atoms with Gasteiger partial charge in [-0.05, 0) is 36.4 Å². The zero-order valence-electron chi connectivity index (χ0n) is 13.4. The molecule has 0 bridgehead atoms. The standard InChI is InChI=1S/C17H14ClNO5S/c1-22-14-7-5-11(10-16(14)23-2)25(20,21)24-15-8-6-13(18)12-4-3-9-19-17(12)15/h3-10H,1-2H3. The van der Waals surface area contributed by atoms with Crippen molar-refractivity contribution in [3.63, 3.8) is 0 Å². The first kappa shape index (κ1) is 17.3. The van der Waals surface area contributed by atoms with E-state index >= 15 is 0 Å². The van der Waals surface area contributed by atoms with E-state index in [1.807, 2.05) is 0 Å². The number of rotatable bonds is 5. The lowest BCUT2D eigenvalue weighted by Gasteiger charge is -2.12. The van der Waals surface area contributed by atoms with Gasteiger partial charge in [0.25, 0.3) is 0 Å². The molecule has 0 aliphatic heterocycles. The number of benzene rings is 2. The summed E-state index contributed by atoms with van der Waals surface area (Å²) in [4.78, 5) is 4.10. The van der Waals surface area contributed by atoms with E-state index in [1.54, 1.807) is 18.2 Å². The summed E-state index contributed by atoms with van der Waals surface area (Å²) >= 11 is 6.11. The molecule has 0 unspecified atom stereocenters. The summed E-state index contributed by atoms with van der Waals surface area (Å²) in [6.07, 6.45) is 1.54. The third kappa shape index (κ3) is 3.33. The normalized spacial score (nSPS) is 11.3. The van der Waals surface area contributed by atoms with E-state index in [-0.39, 0.29) is 16.4 Å². The Morgan fingerprint density at radius 1 is 0.960 bits per heavy atom. The van der Waals surface area contributed by atoms with Crippen LogP contribution in [0.15, 0.2) is 53.6 Å². The van der Waals surface area contributed by atoms with Crippen LogP contribution in [-0.4, -0.2) is 27.6 Å². The Kier molecular flexibility index (Phi) is 4.69. The summed E-state index contributed by atoms with van der Waals surface area (Å²) < 4.78 is 40.8. The molecule has 130 valence electrons. The van der Waals surface area contributed by atoms with Crippen molar-refractivity contribution < 1.29 is 22.1 Å². The Balaban J connectivity index is 2.04. The molecule has 1 heterocycles. The fraction of sp³-hybridized carbons (Fsp3) is 0.118. The van der Waals surface area contributed by atoms with Gasteiger partial charge in [-0.3, -0.25) is 4.98 Å². The summed E-state index contributed by atoms with van der Waals surface area (Å²) in [5, 5.41) is 1.06. The molecule has 0 N–H and O–H groups in total. The van der Waals surface area contributed by atoms with Gasteiger partial charge in [-0.25, -0.2) is 0 Å². The van der Waals surface area contributed by atoms with Crippen molar-refractivity contribution in [2.24, 2.45) is 0 Å². The van der Waals surface area contributed by atoms with Crippen molar-refractivity contribution in [3.05, 3.63) is 53.7 Å². The van der Waals surface area contributed by atoms with Crippen LogP contribution in [0, 0.1) is 0 Å². The van der Waals surface area contributed by atoms with Gasteiger partial charge in [0, 0.05) is 17.6 Å². The number of hydrogen-bond acceptors (Lipinski definition) is 6. The predicted molar refractivity (Wildman–Crippen MR) is 94.1 cm³/mol. The van der Waals surface area contributed by atoms with Gasteiger partial charge in [0.15, 0.2) is 17.2 Å². The fourth-order valence-corrected chi connectivity index (χ4v) is 3.49. The van der Waals surface area contributed by atoms with Crippen LogP contribution in [0.2, 0.25) is 5.02 Å². The molecule has 1 aromatic heterocycles. The maximum atomic E-state index is 12.6. The summed E-state index contributed by atoms with van der Waals surface area (Å²) in [5.74, 6) is 0.793. The minimum absolute atomic E-state index is 0.0656. The topological polar surface area (TPSA) is 74.7 Å². The van der Waals surface area contributed by atoms with E-state index in [9.17, 15) is 8.42 Å². The quantitative estimate of drug-likeness (QED) is 0.629. The van der Waals surface area contributed by atoms with E-state index in [4.69, 9.17) is 25.3 Å². The third-order valence-electron chi connectivity index (χ3n) is 3.52. The Bertz CT molecular complexity index is 1040. The van der Waals surface area contributed by atoms with Crippen molar-refractivity contribution in [1.82, 2.24) is 4.98 Å². The monoisotopic (exact) mass is 379 g/mol. The highest BCUT2D eigenvalue weighted by atomic mass is 35.5. The van der Waals surface area contributed by atoms with Crippen molar-refractivity contribution >= 4 is 32.6 Å². The highest BCUT2D eigenvalue weighted by molar-refractivity contribution is 7.87. The maximum Gasteiger partial charge on any atom is 0.339 e. The molecule has 3 rings (SSSR count). The maximum absolute atomic E-state index is 12.6. The summed E-state index contributed by atoms with van der Waals surface area (Å²) in [6, 6.07) is 10.7. The van der Waals surface area contributed by atoms with Crippen molar-refractivity contribution in [1.29, 1.82) is 0 Å². The van der Waals surface area contributed by atoms with Gasteiger partial charge < -0.3 is 13.7 Å². The molecule has 0 aliphatic carbocycles. The largest absolute Gasteiger partial charge is 0.493 e. The Labute approximate surface area is 150 Å². The second kappa shape index (κ2) is 6.78. The first-order valence-corrected chi connectivity index (χ1v) is 8.94. The third-order valence-corrected chi connectivity index (χ3v) is 5.08. The fourth-order valence-electron chi connectivity index (χ4n) is 2.32. The molecular formula is C17H14ClNO5S. The molecule has 0 saturated carbocycles. The second-order valence-corrected chi connectivity index (χ2v) is 6.95. The lowest BCUT2D eigenvalue weighted by molar-refractivity contribution is 0.353. The molecule has 0 spiro atoms. The number of ether oxygens (including phenoxy) is 2. The van der Waals surface area contributed by atoms with Crippen LogP contribution in [0.1, 0.15) is 0 Å². The van der Waals surface area contributed by atoms with E-state index in [2.05, 4.69) is 4.98 Å². The van der Waals surface area contributed by atoms with Gasteiger partial charge >= 0.3 is 10.1 Å². The van der Waals surface area contributed by atoms with Gasteiger partial charge in [0.2, 0.25) is 0 Å². The highest BCUT2D eigenvalue weighted by Gasteiger charge is 2.21. The van der Waals surface area contributed by atoms with Crippen molar-refractivity contribution in [2.45, 2.75) is 4.90 Å². The van der Waals surface area contributed by atoms with Gasteiger partial charge in [0.05, 0.1) is 19.2 Å². The van der Waals surface area contributed by atoms with Crippen LogP contribution in [0.4, 0.5) is 0 Å². The first-order valence-electron chi connectivity index (χ1n) is 7.16. The van der Waals surface area contributed by atoms with Crippen LogP contribution in [0.25, 0.3) is 10.9 Å². The molecular weight excluding hydrogens is 366 g/mol. The number of hydrogen-bond donors (Lipinski definition) is 0. The van der Waals surface area contributed by atoms with Gasteiger partial charge in [-0.2, -0.15) is 8.42 Å². The number of fused-ring (bicyclic) bond motifs is 1. The number of methoxy groups -OCH3 is 2. The molecule has 2 aromatic carbocycles. The Morgan fingerprint density at radius 2 is 1.68 bits per heavy atom. The number of halogens is 1. The average Bonchev–Trinajstić information content (AvgIpc) is 2.63. The summed E-state index contributed by atoms with van der Waals surface area (Å²) in [7, 11) is -1.21. The van der Waals surface area contributed by atoms with E-state index < -0.39 is 10.1 Å². The molecule has 0 saturated heterocycles. The number of pyridine rings is 1. The minimum Gasteiger partial charge on any atom is -0.493 e. The van der Waals surface area contributed by atoms with E-state index in [1.165, 1.54) is 44.7 Å². The lowest BCUT2D eigenvalue weighted by atomic mass is 10.2. The molecule has 0 fully saturated rings. The zero-order chi connectivity index (χ0) is 18.0. The predicted octanol–water partition coefficient (Wildman–Crippen LogP) is 3.67.